The van der Waals surface area contributed by atoms with E-state index in [4.69, 9.17) is 5.73 Å². The number of rotatable bonds is 7. The van der Waals surface area contributed by atoms with Gasteiger partial charge in [-0.3, -0.25) is 14.6 Å². The van der Waals surface area contributed by atoms with Gasteiger partial charge in [-0.25, -0.2) is 0 Å². The molecule has 2 amide bonds. The Morgan fingerprint density at radius 1 is 1.09 bits per heavy atom. The minimum Gasteiger partial charge on any atom is -0.397 e. The van der Waals surface area contributed by atoms with Crippen molar-refractivity contribution in [3.05, 3.63) is 88.9 Å². The SMILES string of the molecule is C\C1=C/C(C(=O)Nc2ccc(C(F)(F)F)cc2N)=C\C=C(\NCCNC(=O)c2cccnc2)CC1. The first-order chi connectivity index (χ1) is 16.6. The summed E-state index contributed by atoms with van der Waals surface area (Å²) in [4.78, 5) is 28.8. The van der Waals surface area contributed by atoms with Crippen LogP contribution in [0.25, 0.3) is 0 Å². The molecule has 7 nitrogen and oxygen atoms in total. The summed E-state index contributed by atoms with van der Waals surface area (Å²) in [6.45, 7) is 2.77. The highest BCUT2D eigenvalue weighted by Gasteiger charge is 2.31. The molecule has 0 aliphatic heterocycles. The summed E-state index contributed by atoms with van der Waals surface area (Å²) in [6, 6.07) is 6.16. The van der Waals surface area contributed by atoms with Crippen molar-refractivity contribution in [1.29, 1.82) is 0 Å². The Bertz CT molecular complexity index is 1170. The van der Waals surface area contributed by atoms with Crippen LogP contribution in [-0.4, -0.2) is 29.9 Å². The maximum Gasteiger partial charge on any atom is 0.416 e. The number of allylic oxidation sites excluding steroid dienone is 4. The highest BCUT2D eigenvalue weighted by Crippen LogP contribution is 2.33. The number of alkyl halides is 3. The van der Waals surface area contributed by atoms with E-state index in [2.05, 4.69) is 20.9 Å². The summed E-state index contributed by atoms with van der Waals surface area (Å²) >= 11 is 0. The van der Waals surface area contributed by atoms with Crippen LogP contribution in [0.4, 0.5) is 24.5 Å². The number of benzene rings is 1. The highest BCUT2D eigenvalue weighted by atomic mass is 19.4. The minimum absolute atomic E-state index is 0.101. The van der Waals surface area contributed by atoms with Crippen LogP contribution < -0.4 is 21.7 Å². The Kier molecular flexibility index (Phi) is 8.30. The zero-order valence-electron chi connectivity index (χ0n) is 19.1. The lowest BCUT2D eigenvalue weighted by Gasteiger charge is -2.15. The first-order valence-corrected chi connectivity index (χ1v) is 10.9. The number of hydrogen-bond acceptors (Lipinski definition) is 5. The molecule has 2 aromatic rings. The van der Waals surface area contributed by atoms with Crippen LogP contribution in [0.1, 0.15) is 35.7 Å². The van der Waals surface area contributed by atoms with Gasteiger partial charge in [-0.15, -0.1) is 0 Å². The zero-order valence-corrected chi connectivity index (χ0v) is 19.1. The molecule has 1 heterocycles. The van der Waals surface area contributed by atoms with Gasteiger partial charge < -0.3 is 21.7 Å². The van der Waals surface area contributed by atoms with Gasteiger partial charge in [0.2, 0.25) is 0 Å². The third-order valence-corrected chi connectivity index (χ3v) is 5.23. The Balaban J connectivity index is 1.61. The maximum atomic E-state index is 12.8. The lowest BCUT2D eigenvalue weighted by Crippen LogP contribution is -2.31. The Labute approximate surface area is 201 Å². The summed E-state index contributed by atoms with van der Waals surface area (Å²) in [7, 11) is 0. The second kappa shape index (κ2) is 11.4. The largest absolute Gasteiger partial charge is 0.416 e. The number of amides is 2. The van der Waals surface area contributed by atoms with Gasteiger partial charge in [0.05, 0.1) is 22.5 Å². The lowest BCUT2D eigenvalue weighted by molar-refractivity contribution is -0.137. The molecule has 0 saturated heterocycles. The van der Waals surface area contributed by atoms with Crippen molar-refractivity contribution in [2.75, 3.05) is 24.1 Å². The molecule has 0 spiro atoms. The first kappa shape index (κ1) is 25.5. The van der Waals surface area contributed by atoms with E-state index in [1.54, 1.807) is 36.6 Å². The molecular weight excluding hydrogens is 459 g/mol. The molecule has 1 aliphatic carbocycles. The molecule has 0 saturated carbocycles. The van der Waals surface area contributed by atoms with Crippen molar-refractivity contribution in [3.8, 4) is 0 Å². The van der Waals surface area contributed by atoms with Crippen LogP contribution in [0.15, 0.2) is 77.8 Å². The molecule has 1 aliphatic rings. The van der Waals surface area contributed by atoms with Crippen LogP contribution >= 0.6 is 0 Å². The average Bonchev–Trinajstić information content (AvgIpc) is 2.81. The van der Waals surface area contributed by atoms with E-state index in [0.29, 0.717) is 30.6 Å². The molecule has 0 fully saturated rings. The van der Waals surface area contributed by atoms with Crippen LogP contribution in [-0.2, 0) is 11.0 Å². The Morgan fingerprint density at radius 3 is 2.57 bits per heavy atom. The maximum absolute atomic E-state index is 12.8. The summed E-state index contributed by atoms with van der Waals surface area (Å²) < 4.78 is 38.5. The van der Waals surface area contributed by atoms with Gasteiger partial charge in [-0.1, -0.05) is 11.6 Å². The van der Waals surface area contributed by atoms with Crippen molar-refractivity contribution in [1.82, 2.24) is 15.6 Å². The highest BCUT2D eigenvalue weighted by molar-refractivity contribution is 6.07. The summed E-state index contributed by atoms with van der Waals surface area (Å²) in [5, 5.41) is 8.64. The van der Waals surface area contributed by atoms with Crippen LogP contribution in [0.5, 0.6) is 0 Å². The van der Waals surface area contributed by atoms with Gasteiger partial charge in [0.25, 0.3) is 11.8 Å². The van der Waals surface area contributed by atoms with Gasteiger partial charge in [-0.2, -0.15) is 13.2 Å². The molecular formula is C25H26F3N5O2. The van der Waals surface area contributed by atoms with Crippen LogP contribution in [0, 0.1) is 0 Å². The van der Waals surface area contributed by atoms with Gasteiger partial charge >= 0.3 is 6.18 Å². The number of carbonyl (C=O) groups is 2. The van der Waals surface area contributed by atoms with Crippen molar-refractivity contribution < 1.29 is 22.8 Å². The average molecular weight is 486 g/mol. The fourth-order valence-electron chi connectivity index (χ4n) is 3.33. The lowest BCUT2D eigenvalue weighted by atomic mass is 10.0. The summed E-state index contributed by atoms with van der Waals surface area (Å²) in [6.07, 6.45) is 5.13. The molecule has 0 atom stereocenters. The van der Waals surface area contributed by atoms with Crippen molar-refractivity contribution in [3.63, 3.8) is 0 Å². The normalized spacial score (nSPS) is 18.5. The molecule has 0 radical (unpaired) electrons. The number of halogens is 3. The first-order valence-electron chi connectivity index (χ1n) is 10.9. The number of nitrogen functional groups attached to an aromatic ring is 1. The second-order valence-corrected chi connectivity index (χ2v) is 7.98. The molecule has 184 valence electrons. The number of hydrogen-bond donors (Lipinski definition) is 4. The van der Waals surface area contributed by atoms with E-state index in [-0.39, 0.29) is 17.3 Å². The topological polar surface area (TPSA) is 109 Å². The predicted molar refractivity (Wildman–Crippen MR) is 128 cm³/mol. The fourth-order valence-corrected chi connectivity index (χ4v) is 3.33. The van der Waals surface area contributed by atoms with E-state index in [0.717, 1.165) is 35.9 Å². The van der Waals surface area contributed by atoms with Gasteiger partial charge in [0.1, 0.15) is 0 Å². The number of nitrogens with zero attached hydrogens (tertiary/aromatic N) is 1. The van der Waals surface area contributed by atoms with Gasteiger partial charge in [0.15, 0.2) is 0 Å². The molecule has 3 rings (SSSR count). The second-order valence-electron chi connectivity index (χ2n) is 7.98. The number of anilines is 2. The zero-order chi connectivity index (χ0) is 25.4. The van der Waals surface area contributed by atoms with E-state index < -0.39 is 17.6 Å². The molecule has 10 heteroatoms. The summed E-state index contributed by atoms with van der Waals surface area (Å²) in [5.74, 6) is -0.705. The van der Waals surface area contributed by atoms with Gasteiger partial charge in [-0.05, 0) is 62.2 Å². The number of pyridine rings is 1. The minimum atomic E-state index is -4.52. The Hall–Kier alpha value is -4.08. The summed E-state index contributed by atoms with van der Waals surface area (Å²) in [5.41, 5.74) is 7.42. The molecule has 1 aromatic heterocycles. The number of nitrogens with two attached hydrogens (primary N) is 1. The van der Waals surface area contributed by atoms with Crippen LogP contribution in [0.2, 0.25) is 0 Å². The molecule has 35 heavy (non-hydrogen) atoms. The third-order valence-electron chi connectivity index (χ3n) is 5.23. The number of nitrogens with one attached hydrogen (secondary N) is 3. The van der Waals surface area contributed by atoms with E-state index in [1.807, 2.05) is 6.92 Å². The van der Waals surface area contributed by atoms with Crippen molar-refractivity contribution in [2.24, 2.45) is 0 Å². The molecule has 5 N–H and O–H groups in total. The molecule has 0 bridgehead atoms. The van der Waals surface area contributed by atoms with Gasteiger partial charge in [0, 0.05) is 36.8 Å². The van der Waals surface area contributed by atoms with Crippen LogP contribution in [0.3, 0.4) is 0 Å². The van der Waals surface area contributed by atoms with E-state index >= 15 is 0 Å². The smallest absolute Gasteiger partial charge is 0.397 e. The monoisotopic (exact) mass is 485 g/mol. The molecule has 1 aromatic carbocycles. The standard InChI is InChI=1S/C25H26F3N5O2/c1-16-4-7-20(31-11-12-32-23(34)18-3-2-10-30-15-18)8-5-17(13-16)24(35)33-22-9-6-19(14-21(22)29)25(26,27)28/h2-3,5-6,8-10,13-15,31H,4,7,11-12,29H2,1H3,(H,32,34)(H,33,35)/b16-13+,17-5+,20-8+. The van der Waals surface area contributed by atoms with Crippen molar-refractivity contribution in [2.45, 2.75) is 25.9 Å². The van der Waals surface area contributed by atoms with Crippen molar-refractivity contribution >= 4 is 23.2 Å². The Morgan fingerprint density at radius 2 is 1.89 bits per heavy atom. The number of aromatic nitrogens is 1. The molecule has 0 unspecified atom stereocenters. The third kappa shape index (κ3) is 7.46. The number of carbonyl (C=O) groups excluding carboxylic acids is 2. The predicted octanol–water partition coefficient (Wildman–Crippen LogP) is 4.19. The quantitative estimate of drug-likeness (QED) is 0.347. The fraction of sp³-hybridized carbons (Fsp3) is 0.240. The van der Waals surface area contributed by atoms with E-state index in [9.17, 15) is 22.8 Å². The van der Waals surface area contributed by atoms with E-state index in [1.165, 1.54) is 6.20 Å².